The van der Waals surface area contributed by atoms with Crippen LogP contribution in [0.1, 0.15) is 35.4 Å². The minimum atomic E-state index is 0.732. The molecule has 0 radical (unpaired) electrons. The summed E-state index contributed by atoms with van der Waals surface area (Å²) in [5.74, 6) is 0.732. The van der Waals surface area contributed by atoms with Crippen molar-refractivity contribution < 1.29 is 0 Å². The maximum Gasteiger partial charge on any atom is 0.0306 e. The van der Waals surface area contributed by atoms with Gasteiger partial charge in [-0.15, -0.1) is 0 Å². The summed E-state index contributed by atoms with van der Waals surface area (Å²) in [6.45, 7) is 2.33. The molecule has 1 unspecified atom stereocenters. The van der Waals surface area contributed by atoms with E-state index in [0.717, 1.165) is 12.5 Å². The monoisotopic (exact) mass is 188 g/mol. The van der Waals surface area contributed by atoms with Gasteiger partial charge in [0.25, 0.3) is 0 Å². The summed E-state index contributed by atoms with van der Waals surface area (Å²) in [6.07, 6.45) is 9.31. The van der Waals surface area contributed by atoms with Crippen molar-refractivity contribution in [1.29, 1.82) is 0 Å². The minimum Gasteiger partial charge on any atom is -0.316 e. The Labute approximate surface area is 84.7 Å². The molecule has 14 heavy (non-hydrogen) atoms. The van der Waals surface area contributed by atoms with Crippen molar-refractivity contribution in [2.45, 2.75) is 31.6 Å². The summed E-state index contributed by atoms with van der Waals surface area (Å²) >= 11 is 0. The lowest BCUT2D eigenvalue weighted by Crippen LogP contribution is -2.09. The number of hydrogen-bond donors (Lipinski definition) is 1. The molecule has 2 aliphatic rings. The largest absolute Gasteiger partial charge is 0.316 e. The molecule has 74 valence electrons. The fourth-order valence-corrected chi connectivity index (χ4v) is 2.80. The average Bonchev–Trinajstić information content (AvgIpc) is 2.88. The SMILES string of the molecule is c1ncc(C2CCNC2)c2c1CCC2. The molecule has 3 rings (SSSR count). The predicted octanol–water partition coefficient (Wildman–Crippen LogP) is 1.65. The van der Waals surface area contributed by atoms with E-state index >= 15 is 0 Å². The van der Waals surface area contributed by atoms with Crippen LogP contribution < -0.4 is 5.32 Å². The molecule has 1 atom stereocenters. The van der Waals surface area contributed by atoms with E-state index < -0.39 is 0 Å². The maximum absolute atomic E-state index is 4.37. The lowest BCUT2D eigenvalue weighted by molar-refractivity contribution is 0.746. The van der Waals surface area contributed by atoms with Crippen molar-refractivity contribution >= 4 is 0 Å². The van der Waals surface area contributed by atoms with E-state index in [2.05, 4.69) is 22.7 Å². The van der Waals surface area contributed by atoms with Crippen LogP contribution in [-0.4, -0.2) is 18.1 Å². The molecular formula is C12H16N2. The molecule has 2 heterocycles. The van der Waals surface area contributed by atoms with Gasteiger partial charge in [0.2, 0.25) is 0 Å². The Hall–Kier alpha value is -0.890. The van der Waals surface area contributed by atoms with Gasteiger partial charge in [0.05, 0.1) is 0 Å². The first-order valence-corrected chi connectivity index (χ1v) is 5.61. The first kappa shape index (κ1) is 8.42. The van der Waals surface area contributed by atoms with E-state index in [4.69, 9.17) is 0 Å². The molecule has 0 amide bonds. The Morgan fingerprint density at radius 1 is 1.29 bits per heavy atom. The van der Waals surface area contributed by atoms with Gasteiger partial charge in [0, 0.05) is 18.9 Å². The zero-order valence-corrected chi connectivity index (χ0v) is 8.42. The Morgan fingerprint density at radius 3 is 3.14 bits per heavy atom. The van der Waals surface area contributed by atoms with Gasteiger partial charge in [-0.2, -0.15) is 0 Å². The van der Waals surface area contributed by atoms with Crippen LogP contribution in [0.2, 0.25) is 0 Å². The van der Waals surface area contributed by atoms with Gasteiger partial charge in [-0.05, 0) is 54.8 Å². The molecule has 1 aromatic rings. The molecule has 1 N–H and O–H groups in total. The fraction of sp³-hybridized carbons (Fsp3) is 0.583. The van der Waals surface area contributed by atoms with Gasteiger partial charge in [-0.25, -0.2) is 0 Å². The standard InChI is InChI=1S/C12H16N2/c1-2-9-7-14-8-12(11(9)3-1)10-4-5-13-6-10/h7-8,10,13H,1-6H2. The van der Waals surface area contributed by atoms with Gasteiger partial charge < -0.3 is 5.32 Å². The third-order valence-corrected chi connectivity index (χ3v) is 3.55. The zero-order valence-electron chi connectivity index (χ0n) is 8.42. The third-order valence-electron chi connectivity index (χ3n) is 3.55. The van der Waals surface area contributed by atoms with Crippen LogP contribution >= 0.6 is 0 Å². The number of nitrogens with one attached hydrogen (secondary N) is 1. The van der Waals surface area contributed by atoms with Gasteiger partial charge in [-0.1, -0.05) is 0 Å². The highest BCUT2D eigenvalue weighted by molar-refractivity contribution is 5.38. The van der Waals surface area contributed by atoms with Crippen LogP contribution in [0.5, 0.6) is 0 Å². The second-order valence-corrected chi connectivity index (χ2v) is 4.41. The number of nitrogens with zero attached hydrogens (tertiary/aromatic N) is 1. The van der Waals surface area contributed by atoms with Gasteiger partial charge in [-0.3, -0.25) is 4.98 Å². The summed E-state index contributed by atoms with van der Waals surface area (Å²) in [4.78, 5) is 4.37. The molecule has 1 aliphatic heterocycles. The van der Waals surface area contributed by atoms with Crippen molar-refractivity contribution in [3.8, 4) is 0 Å². The number of pyridine rings is 1. The molecule has 2 heteroatoms. The van der Waals surface area contributed by atoms with Crippen LogP contribution in [0.25, 0.3) is 0 Å². The summed E-state index contributed by atoms with van der Waals surface area (Å²) in [7, 11) is 0. The van der Waals surface area contributed by atoms with Crippen LogP contribution in [0, 0.1) is 0 Å². The number of aromatic nitrogens is 1. The third kappa shape index (κ3) is 1.25. The lowest BCUT2D eigenvalue weighted by atomic mass is 9.94. The van der Waals surface area contributed by atoms with Crippen molar-refractivity contribution in [2.75, 3.05) is 13.1 Å². The van der Waals surface area contributed by atoms with Crippen molar-refractivity contribution in [2.24, 2.45) is 0 Å². The van der Waals surface area contributed by atoms with E-state index in [1.165, 1.54) is 43.4 Å². The lowest BCUT2D eigenvalue weighted by Gasteiger charge is -2.13. The van der Waals surface area contributed by atoms with E-state index in [0.29, 0.717) is 0 Å². The molecule has 1 aromatic heterocycles. The molecule has 1 aliphatic carbocycles. The molecular weight excluding hydrogens is 172 g/mol. The maximum atomic E-state index is 4.37. The molecule has 0 spiro atoms. The fourth-order valence-electron chi connectivity index (χ4n) is 2.80. The molecule has 1 saturated heterocycles. The van der Waals surface area contributed by atoms with Crippen molar-refractivity contribution in [3.05, 3.63) is 29.1 Å². The average molecular weight is 188 g/mol. The first-order valence-electron chi connectivity index (χ1n) is 5.61. The summed E-state index contributed by atoms with van der Waals surface area (Å²) < 4.78 is 0. The van der Waals surface area contributed by atoms with E-state index in [1.807, 2.05) is 0 Å². The van der Waals surface area contributed by atoms with Gasteiger partial charge >= 0.3 is 0 Å². The van der Waals surface area contributed by atoms with Crippen LogP contribution in [0.3, 0.4) is 0 Å². The Balaban J connectivity index is 2.00. The zero-order chi connectivity index (χ0) is 9.38. The second-order valence-electron chi connectivity index (χ2n) is 4.41. The highest BCUT2D eigenvalue weighted by Gasteiger charge is 2.23. The van der Waals surface area contributed by atoms with Crippen molar-refractivity contribution in [1.82, 2.24) is 10.3 Å². The number of fused-ring (bicyclic) bond motifs is 1. The van der Waals surface area contributed by atoms with Crippen LogP contribution in [-0.2, 0) is 12.8 Å². The number of hydrogen-bond acceptors (Lipinski definition) is 2. The Kier molecular flexibility index (Phi) is 2.02. The van der Waals surface area contributed by atoms with Gasteiger partial charge in [0.15, 0.2) is 0 Å². The molecule has 1 fully saturated rings. The van der Waals surface area contributed by atoms with E-state index in [9.17, 15) is 0 Å². The first-order chi connectivity index (χ1) is 6.95. The molecule has 2 nitrogen and oxygen atoms in total. The number of rotatable bonds is 1. The normalized spacial score (nSPS) is 25.3. The minimum absolute atomic E-state index is 0.732. The smallest absolute Gasteiger partial charge is 0.0306 e. The van der Waals surface area contributed by atoms with E-state index in [-0.39, 0.29) is 0 Å². The highest BCUT2D eigenvalue weighted by Crippen LogP contribution is 2.31. The predicted molar refractivity (Wildman–Crippen MR) is 56.5 cm³/mol. The van der Waals surface area contributed by atoms with Crippen LogP contribution in [0.4, 0.5) is 0 Å². The Morgan fingerprint density at radius 2 is 2.29 bits per heavy atom. The van der Waals surface area contributed by atoms with E-state index in [1.54, 1.807) is 5.56 Å². The highest BCUT2D eigenvalue weighted by atomic mass is 14.9. The van der Waals surface area contributed by atoms with Crippen LogP contribution in [0.15, 0.2) is 12.4 Å². The Bertz CT molecular complexity index is 340. The molecule has 0 aromatic carbocycles. The summed E-state index contributed by atoms with van der Waals surface area (Å²) in [5.41, 5.74) is 4.66. The second kappa shape index (κ2) is 3.35. The van der Waals surface area contributed by atoms with Gasteiger partial charge in [0.1, 0.15) is 0 Å². The quantitative estimate of drug-likeness (QED) is 0.725. The molecule has 0 saturated carbocycles. The summed E-state index contributed by atoms with van der Waals surface area (Å²) in [6, 6.07) is 0. The summed E-state index contributed by atoms with van der Waals surface area (Å²) in [5, 5.41) is 3.43. The molecule has 0 bridgehead atoms. The number of aryl methyl sites for hydroxylation is 1. The van der Waals surface area contributed by atoms with Crippen molar-refractivity contribution in [3.63, 3.8) is 0 Å². The topological polar surface area (TPSA) is 24.9 Å².